The minimum absolute atomic E-state index is 0.0234. The van der Waals surface area contributed by atoms with E-state index in [0.717, 1.165) is 18.2 Å². The second-order valence-electron chi connectivity index (χ2n) is 5.62. The molecule has 0 atom stereocenters. The molecular formula is C16H17N3O8S. The summed E-state index contributed by atoms with van der Waals surface area (Å²) in [4.78, 5) is 34.3. The predicted octanol–water partition coefficient (Wildman–Crippen LogP) is 2.27. The summed E-state index contributed by atoms with van der Waals surface area (Å²) in [5.74, 6) is -1.44. The van der Waals surface area contributed by atoms with Gasteiger partial charge < -0.3 is 14.5 Å². The molecule has 2 rings (SSSR count). The van der Waals surface area contributed by atoms with Gasteiger partial charge in [0.25, 0.3) is 5.69 Å². The molecule has 0 saturated carbocycles. The van der Waals surface area contributed by atoms with Crippen LogP contribution in [0.5, 0.6) is 0 Å². The quantitative estimate of drug-likeness (QED) is 0.300. The number of primary sulfonamides is 1. The molecule has 3 N–H and O–H groups in total. The van der Waals surface area contributed by atoms with Crippen molar-refractivity contribution in [1.82, 2.24) is 0 Å². The van der Waals surface area contributed by atoms with Crippen molar-refractivity contribution in [2.75, 3.05) is 11.9 Å². The van der Waals surface area contributed by atoms with E-state index in [1.807, 2.05) is 0 Å². The lowest BCUT2D eigenvalue weighted by Crippen LogP contribution is -2.13. The van der Waals surface area contributed by atoms with Crippen LogP contribution in [0.25, 0.3) is 0 Å². The minimum atomic E-state index is -4.17. The number of esters is 1. The Labute approximate surface area is 159 Å². The highest BCUT2D eigenvalue weighted by Gasteiger charge is 2.29. The van der Waals surface area contributed by atoms with Gasteiger partial charge in [-0.3, -0.25) is 14.9 Å². The smallest absolute Gasteiger partial charge is 0.344 e. The van der Waals surface area contributed by atoms with Crippen LogP contribution in [0.3, 0.4) is 0 Å². The van der Waals surface area contributed by atoms with Gasteiger partial charge in [-0.05, 0) is 32.9 Å². The van der Waals surface area contributed by atoms with Crippen LogP contribution in [0.2, 0.25) is 0 Å². The number of nitrogens with one attached hydrogen (secondary N) is 1. The topological polar surface area (TPSA) is 172 Å². The van der Waals surface area contributed by atoms with Crippen LogP contribution < -0.4 is 10.5 Å². The largest absolute Gasteiger partial charge is 0.462 e. The first-order valence-electron chi connectivity index (χ1n) is 7.87. The molecule has 150 valence electrons. The van der Waals surface area contributed by atoms with E-state index in [9.17, 15) is 28.1 Å². The molecule has 28 heavy (non-hydrogen) atoms. The summed E-state index contributed by atoms with van der Waals surface area (Å²) in [6, 6.07) is 2.91. The van der Waals surface area contributed by atoms with Crippen molar-refractivity contribution in [3.05, 3.63) is 45.2 Å². The second-order valence-corrected chi connectivity index (χ2v) is 7.18. The minimum Gasteiger partial charge on any atom is -0.462 e. The van der Waals surface area contributed by atoms with Gasteiger partial charge in [0.15, 0.2) is 5.78 Å². The summed E-state index contributed by atoms with van der Waals surface area (Å²) in [6.07, 6.45) is 0. The highest BCUT2D eigenvalue weighted by atomic mass is 32.2. The van der Waals surface area contributed by atoms with Crippen molar-refractivity contribution in [2.45, 2.75) is 25.7 Å². The third-order valence-corrected chi connectivity index (χ3v) is 4.57. The van der Waals surface area contributed by atoms with Crippen molar-refractivity contribution in [3.8, 4) is 0 Å². The average molecular weight is 411 g/mol. The number of hydrogen-bond donors (Lipinski definition) is 2. The van der Waals surface area contributed by atoms with Crippen LogP contribution >= 0.6 is 0 Å². The SMILES string of the molecule is CCOC(=O)c1c(Nc2ccc(S(N)(=O)=O)cc2[N+](=O)[O-])oc(C)c1C(C)=O. The molecule has 11 nitrogen and oxygen atoms in total. The van der Waals surface area contributed by atoms with E-state index < -0.39 is 37.3 Å². The summed E-state index contributed by atoms with van der Waals surface area (Å²) in [5.41, 5.74) is -1.03. The lowest BCUT2D eigenvalue weighted by molar-refractivity contribution is -0.384. The fourth-order valence-corrected chi connectivity index (χ4v) is 3.06. The van der Waals surface area contributed by atoms with Gasteiger partial charge in [0, 0.05) is 6.07 Å². The molecular weight excluding hydrogens is 394 g/mol. The van der Waals surface area contributed by atoms with Crippen LogP contribution in [0.15, 0.2) is 27.5 Å². The molecule has 0 bridgehead atoms. The van der Waals surface area contributed by atoms with E-state index in [-0.39, 0.29) is 35.1 Å². The number of ether oxygens (including phenoxy) is 1. The number of nitrogens with zero attached hydrogens (tertiary/aromatic N) is 1. The zero-order valence-electron chi connectivity index (χ0n) is 15.1. The summed E-state index contributed by atoms with van der Waals surface area (Å²) >= 11 is 0. The Balaban J connectivity index is 2.63. The number of benzene rings is 1. The highest BCUT2D eigenvalue weighted by molar-refractivity contribution is 7.89. The van der Waals surface area contributed by atoms with E-state index in [1.165, 1.54) is 13.8 Å². The number of ketones is 1. The molecule has 12 heteroatoms. The second kappa shape index (κ2) is 7.78. The molecule has 0 fully saturated rings. The van der Waals surface area contributed by atoms with Gasteiger partial charge in [-0.1, -0.05) is 0 Å². The summed E-state index contributed by atoms with van der Waals surface area (Å²) in [6.45, 7) is 4.28. The van der Waals surface area contributed by atoms with Gasteiger partial charge in [-0.2, -0.15) is 0 Å². The third kappa shape index (κ3) is 4.18. The van der Waals surface area contributed by atoms with Gasteiger partial charge in [0.2, 0.25) is 15.9 Å². The van der Waals surface area contributed by atoms with Crippen molar-refractivity contribution in [3.63, 3.8) is 0 Å². The number of sulfonamides is 1. The van der Waals surface area contributed by atoms with Crippen molar-refractivity contribution in [1.29, 1.82) is 0 Å². The Bertz CT molecular complexity index is 1070. The number of nitro benzene ring substituents is 1. The number of nitro groups is 1. The van der Waals surface area contributed by atoms with Gasteiger partial charge >= 0.3 is 5.97 Å². The molecule has 1 heterocycles. The Morgan fingerprint density at radius 1 is 1.32 bits per heavy atom. The number of carbonyl (C=O) groups excluding carboxylic acids is 2. The first-order valence-corrected chi connectivity index (χ1v) is 9.41. The molecule has 0 aliphatic carbocycles. The first-order chi connectivity index (χ1) is 13.0. The van der Waals surface area contributed by atoms with Crippen molar-refractivity contribution in [2.24, 2.45) is 5.14 Å². The third-order valence-electron chi connectivity index (χ3n) is 3.66. The van der Waals surface area contributed by atoms with Crippen molar-refractivity contribution < 1.29 is 32.1 Å². The Kier molecular flexibility index (Phi) is 5.85. The molecule has 0 saturated heterocycles. The average Bonchev–Trinajstić information content (AvgIpc) is 2.90. The molecule has 1 aromatic heterocycles. The number of Topliss-reactive ketones (excluding diaryl/α,β-unsaturated/α-hetero) is 1. The zero-order valence-corrected chi connectivity index (χ0v) is 16.0. The standard InChI is InChI=1S/C16H17N3O8S/c1-4-26-16(21)14-13(8(2)20)9(3)27-15(14)18-11-6-5-10(28(17,24)25)7-12(11)19(22)23/h5-7,18H,4H2,1-3H3,(H2,17,24,25). The first kappa shape index (κ1) is 21.1. The lowest BCUT2D eigenvalue weighted by atomic mass is 10.1. The fraction of sp³-hybridized carbons (Fsp3) is 0.250. The molecule has 0 amide bonds. The molecule has 0 radical (unpaired) electrons. The summed E-state index contributed by atoms with van der Waals surface area (Å²) < 4.78 is 33.2. The number of rotatable bonds is 7. The Hall–Kier alpha value is -3.25. The number of furan rings is 1. The predicted molar refractivity (Wildman–Crippen MR) is 97.2 cm³/mol. The van der Waals surface area contributed by atoms with E-state index in [4.69, 9.17) is 14.3 Å². The van der Waals surface area contributed by atoms with Gasteiger partial charge in [0.05, 0.1) is 22.0 Å². The maximum absolute atomic E-state index is 12.3. The number of carbonyl (C=O) groups is 2. The molecule has 0 aliphatic rings. The van der Waals surface area contributed by atoms with Crippen LogP contribution in [0.4, 0.5) is 17.3 Å². The number of hydrogen-bond acceptors (Lipinski definition) is 9. The monoisotopic (exact) mass is 411 g/mol. The van der Waals surface area contributed by atoms with Crippen molar-refractivity contribution >= 4 is 39.0 Å². The molecule has 0 aliphatic heterocycles. The number of anilines is 2. The summed E-state index contributed by atoms with van der Waals surface area (Å²) in [7, 11) is -4.17. The highest BCUT2D eigenvalue weighted by Crippen LogP contribution is 2.35. The molecule has 0 spiro atoms. The Morgan fingerprint density at radius 3 is 2.46 bits per heavy atom. The maximum atomic E-state index is 12.3. The van der Waals surface area contributed by atoms with Gasteiger partial charge in [0.1, 0.15) is 17.0 Å². The van der Waals surface area contributed by atoms with E-state index in [2.05, 4.69) is 5.32 Å². The van der Waals surface area contributed by atoms with Crippen LogP contribution in [0.1, 0.15) is 40.3 Å². The molecule has 0 unspecified atom stereocenters. The Morgan fingerprint density at radius 2 is 1.96 bits per heavy atom. The van der Waals surface area contributed by atoms with E-state index in [1.54, 1.807) is 6.92 Å². The molecule has 2 aromatic rings. The normalized spacial score (nSPS) is 11.1. The lowest BCUT2D eigenvalue weighted by Gasteiger charge is -2.08. The van der Waals surface area contributed by atoms with Crippen LogP contribution in [-0.4, -0.2) is 31.7 Å². The van der Waals surface area contributed by atoms with E-state index in [0.29, 0.717) is 0 Å². The maximum Gasteiger partial charge on any atom is 0.344 e. The van der Waals surface area contributed by atoms with Crippen LogP contribution in [0, 0.1) is 17.0 Å². The van der Waals surface area contributed by atoms with Gasteiger partial charge in [-0.25, -0.2) is 18.4 Å². The summed E-state index contributed by atoms with van der Waals surface area (Å²) in [5, 5.41) is 18.9. The number of nitrogens with two attached hydrogens (primary N) is 1. The van der Waals surface area contributed by atoms with Crippen LogP contribution in [-0.2, 0) is 14.8 Å². The van der Waals surface area contributed by atoms with E-state index >= 15 is 0 Å². The molecule has 1 aromatic carbocycles. The van der Waals surface area contributed by atoms with Gasteiger partial charge in [-0.15, -0.1) is 0 Å². The zero-order chi connectivity index (χ0) is 21.2. The number of aryl methyl sites for hydroxylation is 1. The fourth-order valence-electron chi connectivity index (χ4n) is 2.52.